The molecule has 0 radical (unpaired) electrons. The van der Waals surface area contributed by atoms with Gasteiger partial charge in [-0.2, -0.15) is 0 Å². The van der Waals surface area contributed by atoms with E-state index < -0.39 is 11.0 Å². The second kappa shape index (κ2) is 10.4. The van der Waals surface area contributed by atoms with Crippen molar-refractivity contribution in [1.82, 2.24) is 10.5 Å². The van der Waals surface area contributed by atoms with Crippen molar-refractivity contribution in [2.45, 2.75) is 33.4 Å². The summed E-state index contributed by atoms with van der Waals surface area (Å²) in [6, 6.07) is 11.1. The van der Waals surface area contributed by atoms with Gasteiger partial charge in [-0.1, -0.05) is 23.4 Å². The van der Waals surface area contributed by atoms with Crippen LogP contribution in [0.5, 0.6) is 11.5 Å². The third-order valence-corrected chi connectivity index (χ3v) is 5.11. The number of methoxy groups -OCH3 is 1. The molecule has 0 fully saturated rings. The molecule has 0 aliphatic carbocycles. The summed E-state index contributed by atoms with van der Waals surface area (Å²) in [7, 11) is 1.54. The summed E-state index contributed by atoms with van der Waals surface area (Å²) in [5.41, 5.74) is 3.03. The van der Waals surface area contributed by atoms with Crippen molar-refractivity contribution in [3.63, 3.8) is 0 Å². The third-order valence-electron chi connectivity index (χ3n) is 5.11. The van der Waals surface area contributed by atoms with Crippen LogP contribution in [0.1, 0.15) is 41.1 Å². The number of nitrogens with zero attached hydrogens (tertiary/aromatic N) is 2. The van der Waals surface area contributed by atoms with Crippen LogP contribution in [0.25, 0.3) is 6.08 Å². The molecular formula is C24H25N3O6. The predicted octanol–water partition coefficient (Wildman–Crippen LogP) is 4.68. The van der Waals surface area contributed by atoms with E-state index in [2.05, 4.69) is 10.5 Å². The van der Waals surface area contributed by atoms with Crippen LogP contribution < -0.4 is 14.8 Å². The van der Waals surface area contributed by atoms with Crippen LogP contribution in [0.4, 0.5) is 5.69 Å². The summed E-state index contributed by atoms with van der Waals surface area (Å²) >= 11 is 0. The van der Waals surface area contributed by atoms with Gasteiger partial charge in [0.15, 0.2) is 11.5 Å². The summed E-state index contributed by atoms with van der Waals surface area (Å²) < 4.78 is 16.4. The van der Waals surface area contributed by atoms with E-state index in [1.807, 2.05) is 13.8 Å². The van der Waals surface area contributed by atoms with Crippen molar-refractivity contribution in [1.29, 1.82) is 0 Å². The van der Waals surface area contributed by atoms with Crippen LogP contribution in [0, 0.1) is 24.0 Å². The monoisotopic (exact) mass is 451 g/mol. The lowest BCUT2D eigenvalue weighted by Gasteiger charge is -2.13. The summed E-state index contributed by atoms with van der Waals surface area (Å²) in [5, 5.41) is 17.7. The fourth-order valence-electron chi connectivity index (χ4n) is 3.19. The Morgan fingerprint density at radius 1 is 1.24 bits per heavy atom. The third kappa shape index (κ3) is 5.97. The molecule has 9 heteroatoms. The Hall–Kier alpha value is -4.14. The number of aryl methyl sites for hydroxylation is 2. The molecule has 2 aromatic carbocycles. The number of carbonyl (C=O) groups excluding carboxylic acids is 1. The molecular weight excluding hydrogens is 426 g/mol. The lowest BCUT2D eigenvalue weighted by atomic mass is 10.1. The van der Waals surface area contributed by atoms with E-state index in [1.54, 1.807) is 50.4 Å². The van der Waals surface area contributed by atoms with Crippen LogP contribution in [-0.4, -0.2) is 23.1 Å². The first-order chi connectivity index (χ1) is 15.8. The average molecular weight is 451 g/mol. The first-order valence-electron chi connectivity index (χ1n) is 10.2. The summed E-state index contributed by atoms with van der Waals surface area (Å²) in [6.07, 6.45) is 3.04. The van der Waals surface area contributed by atoms with Crippen molar-refractivity contribution in [3.05, 3.63) is 86.8 Å². The molecule has 0 aliphatic heterocycles. The number of carbonyl (C=O) groups is 1. The number of amides is 1. The number of hydrogen-bond acceptors (Lipinski definition) is 7. The maximum atomic E-state index is 12.3. The molecule has 33 heavy (non-hydrogen) atoms. The minimum atomic E-state index is -0.465. The Morgan fingerprint density at radius 2 is 2.03 bits per heavy atom. The topological polar surface area (TPSA) is 117 Å². The van der Waals surface area contributed by atoms with Gasteiger partial charge in [-0.3, -0.25) is 14.9 Å². The van der Waals surface area contributed by atoms with Gasteiger partial charge in [0.2, 0.25) is 5.91 Å². The molecule has 9 nitrogen and oxygen atoms in total. The lowest BCUT2D eigenvalue weighted by molar-refractivity contribution is -0.384. The van der Waals surface area contributed by atoms with E-state index in [0.29, 0.717) is 29.4 Å². The molecule has 0 bridgehead atoms. The highest BCUT2D eigenvalue weighted by Gasteiger charge is 2.13. The number of rotatable bonds is 9. The smallest absolute Gasteiger partial charge is 0.269 e. The van der Waals surface area contributed by atoms with Gasteiger partial charge in [-0.05, 0) is 50.1 Å². The highest BCUT2D eigenvalue weighted by Crippen LogP contribution is 2.30. The number of hydrogen-bond donors (Lipinski definition) is 1. The number of nitro benzene ring substituents is 1. The van der Waals surface area contributed by atoms with Gasteiger partial charge in [-0.15, -0.1) is 0 Å². The van der Waals surface area contributed by atoms with Gasteiger partial charge in [0.05, 0.1) is 29.3 Å². The molecule has 1 aromatic heterocycles. The SMILES string of the molecule is COc1cc(C=CC(=O)NC(C)c2cccc([N+](=O)[O-])c2)ccc1OCc1c(C)noc1C. The normalized spacial score (nSPS) is 11.9. The summed E-state index contributed by atoms with van der Waals surface area (Å²) in [4.78, 5) is 22.8. The van der Waals surface area contributed by atoms with Crippen LogP contribution in [0.15, 0.2) is 53.1 Å². The molecule has 0 saturated carbocycles. The van der Waals surface area contributed by atoms with Crippen molar-refractivity contribution in [2.24, 2.45) is 0 Å². The predicted molar refractivity (Wildman–Crippen MR) is 122 cm³/mol. The van der Waals surface area contributed by atoms with Gasteiger partial charge in [-0.25, -0.2) is 0 Å². The maximum Gasteiger partial charge on any atom is 0.269 e. The first-order valence-corrected chi connectivity index (χ1v) is 10.2. The van der Waals surface area contributed by atoms with E-state index in [0.717, 1.165) is 16.8 Å². The molecule has 0 saturated heterocycles. The number of ether oxygens (including phenoxy) is 2. The van der Waals surface area contributed by atoms with Crippen molar-refractivity contribution < 1.29 is 23.7 Å². The zero-order valence-corrected chi connectivity index (χ0v) is 18.8. The van der Waals surface area contributed by atoms with Gasteiger partial charge in [0, 0.05) is 18.2 Å². The van der Waals surface area contributed by atoms with Crippen LogP contribution in [-0.2, 0) is 11.4 Å². The van der Waals surface area contributed by atoms with Crippen molar-refractivity contribution in [2.75, 3.05) is 7.11 Å². The highest BCUT2D eigenvalue weighted by atomic mass is 16.6. The zero-order valence-electron chi connectivity index (χ0n) is 18.8. The van der Waals surface area contributed by atoms with E-state index in [-0.39, 0.29) is 11.6 Å². The minimum absolute atomic E-state index is 0.0205. The number of nitro groups is 1. The molecule has 3 aromatic rings. The number of benzene rings is 2. The summed E-state index contributed by atoms with van der Waals surface area (Å²) in [6.45, 7) is 5.74. The lowest BCUT2D eigenvalue weighted by Crippen LogP contribution is -2.24. The van der Waals surface area contributed by atoms with Crippen LogP contribution >= 0.6 is 0 Å². The Balaban J connectivity index is 1.63. The van der Waals surface area contributed by atoms with E-state index in [4.69, 9.17) is 14.0 Å². The highest BCUT2D eigenvalue weighted by molar-refractivity contribution is 5.92. The zero-order chi connectivity index (χ0) is 24.0. The number of nitrogens with one attached hydrogen (secondary N) is 1. The largest absolute Gasteiger partial charge is 0.493 e. The Morgan fingerprint density at radius 3 is 2.70 bits per heavy atom. The quantitative estimate of drug-likeness (QED) is 0.285. The molecule has 1 unspecified atom stereocenters. The number of aromatic nitrogens is 1. The minimum Gasteiger partial charge on any atom is -0.493 e. The second-order valence-corrected chi connectivity index (χ2v) is 7.42. The standard InChI is InChI=1S/C24H25N3O6/c1-15(19-6-5-7-20(13-19)27(29)30)25-24(28)11-9-18-8-10-22(23(12-18)31-4)32-14-21-16(2)26-33-17(21)3/h5-13,15H,14H2,1-4H3,(H,25,28). The fraction of sp³-hybridized carbons (Fsp3) is 0.250. The Bertz CT molecular complexity index is 1170. The average Bonchev–Trinajstić information content (AvgIpc) is 3.13. The van der Waals surface area contributed by atoms with Gasteiger partial charge >= 0.3 is 0 Å². The van der Waals surface area contributed by atoms with Crippen LogP contribution in [0.3, 0.4) is 0 Å². The van der Waals surface area contributed by atoms with E-state index >= 15 is 0 Å². The van der Waals surface area contributed by atoms with Crippen molar-refractivity contribution >= 4 is 17.7 Å². The first kappa shape index (κ1) is 23.5. The molecule has 1 amide bonds. The van der Waals surface area contributed by atoms with Crippen LogP contribution in [0.2, 0.25) is 0 Å². The van der Waals surface area contributed by atoms with Crippen molar-refractivity contribution in [3.8, 4) is 11.5 Å². The van der Waals surface area contributed by atoms with E-state index in [1.165, 1.54) is 18.2 Å². The van der Waals surface area contributed by atoms with Gasteiger partial charge in [0.25, 0.3) is 5.69 Å². The molecule has 172 valence electrons. The molecule has 1 heterocycles. The molecule has 1 atom stereocenters. The second-order valence-electron chi connectivity index (χ2n) is 7.42. The van der Waals surface area contributed by atoms with E-state index in [9.17, 15) is 14.9 Å². The molecule has 0 spiro atoms. The fourth-order valence-corrected chi connectivity index (χ4v) is 3.19. The molecule has 0 aliphatic rings. The maximum absolute atomic E-state index is 12.3. The Kier molecular flexibility index (Phi) is 7.45. The Labute approximate surface area is 191 Å². The number of non-ortho nitro benzene ring substituents is 1. The molecule has 1 N–H and O–H groups in total. The molecule has 3 rings (SSSR count). The summed E-state index contributed by atoms with van der Waals surface area (Å²) in [5.74, 6) is 1.45. The van der Waals surface area contributed by atoms with Gasteiger partial charge < -0.3 is 19.3 Å². The van der Waals surface area contributed by atoms with Gasteiger partial charge in [0.1, 0.15) is 12.4 Å².